The van der Waals surface area contributed by atoms with Crippen molar-refractivity contribution >= 4 is 11.0 Å². The van der Waals surface area contributed by atoms with Crippen LogP contribution in [0.4, 0.5) is 0 Å². The van der Waals surface area contributed by atoms with Gasteiger partial charge in [-0.2, -0.15) is 5.10 Å². The van der Waals surface area contributed by atoms with Crippen molar-refractivity contribution in [1.82, 2.24) is 18.9 Å². The molecule has 6 nitrogen and oxygen atoms in total. The van der Waals surface area contributed by atoms with Gasteiger partial charge >= 0.3 is 5.69 Å². The maximum Gasteiger partial charge on any atom is 0.332 e. The molecule has 102 valence electrons. The Kier molecular flexibility index (Phi) is 2.60. The highest BCUT2D eigenvalue weighted by atomic mass is 16.2. The third-order valence-corrected chi connectivity index (χ3v) is 3.47. The van der Waals surface area contributed by atoms with E-state index < -0.39 is 0 Å². The van der Waals surface area contributed by atoms with Crippen LogP contribution in [0.3, 0.4) is 0 Å². The van der Waals surface area contributed by atoms with Crippen molar-refractivity contribution in [3.05, 3.63) is 51.2 Å². The Morgan fingerprint density at radius 2 is 1.60 bits per heavy atom. The normalized spacial score (nSPS) is 11.2. The molecule has 0 aliphatic carbocycles. The fraction of sp³-hybridized carbons (Fsp3) is 0.214. The summed E-state index contributed by atoms with van der Waals surface area (Å²) in [5.74, 6) is 0. The number of aryl methyl sites for hydroxylation is 2. The van der Waals surface area contributed by atoms with Crippen LogP contribution in [0, 0.1) is 0 Å². The summed E-state index contributed by atoms with van der Waals surface area (Å²) in [6, 6.07) is 9.48. The summed E-state index contributed by atoms with van der Waals surface area (Å²) in [5, 5.41) is 4.87. The third-order valence-electron chi connectivity index (χ3n) is 3.47. The number of hydrogen-bond acceptors (Lipinski definition) is 3. The minimum atomic E-state index is -0.356. The Morgan fingerprint density at radius 3 is 2.25 bits per heavy atom. The molecular weight excluding hydrogens is 256 g/mol. The second kappa shape index (κ2) is 4.19. The highest BCUT2D eigenvalue weighted by molar-refractivity contribution is 5.90. The van der Waals surface area contributed by atoms with Gasteiger partial charge in [-0.3, -0.25) is 18.6 Å². The predicted octanol–water partition coefficient (Wildman–Crippen LogP) is 0.638. The topological polar surface area (TPSA) is 61.8 Å². The van der Waals surface area contributed by atoms with Crippen molar-refractivity contribution in [2.75, 3.05) is 0 Å². The van der Waals surface area contributed by atoms with E-state index in [1.807, 2.05) is 30.3 Å². The summed E-state index contributed by atoms with van der Waals surface area (Å²) < 4.78 is 4.12. The highest BCUT2D eigenvalue weighted by Crippen LogP contribution is 2.23. The third kappa shape index (κ3) is 1.54. The fourth-order valence-electron chi connectivity index (χ4n) is 2.47. The number of nitrogens with zero attached hydrogens (tertiary/aromatic N) is 4. The van der Waals surface area contributed by atoms with Gasteiger partial charge in [-0.05, 0) is 0 Å². The molecule has 0 atom stereocenters. The second-order valence-corrected chi connectivity index (χ2v) is 4.74. The van der Waals surface area contributed by atoms with Gasteiger partial charge in [0.25, 0.3) is 5.56 Å². The van der Waals surface area contributed by atoms with Crippen LogP contribution in [0.1, 0.15) is 0 Å². The summed E-state index contributed by atoms with van der Waals surface area (Å²) in [6.07, 6.45) is 0. The fourth-order valence-corrected chi connectivity index (χ4v) is 2.47. The van der Waals surface area contributed by atoms with Crippen molar-refractivity contribution in [1.29, 1.82) is 0 Å². The summed E-state index contributed by atoms with van der Waals surface area (Å²) in [4.78, 5) is 24.4. The van der Waals surface area contributed by atoms with E-state index in [9.17, 15) is 9.59 Å². The Morgan fingerprint density at radius 1 is 0.950 bits per heavy atom. The maximum absolute atomic E-state index is 12.4. The molecule has 0 unspecified atom stereocenters. The Bertz CT molecular complexity index is 916. The van der Waals surface area contributed by atoms with Gasteiger partial charge in [-0.25, -0.2) is 4.79 Å². The molecule has 0 bridgehead atoms. The summed E-state index contributed by atoms with van der Waals surface area (Å²) in [6.45, 7) is 0. The van der Waals surface area contributed by atoms with Crippen LogP contribution < -0.4 is 11.2 Å². The van der Waals surface area contributed by atoms with E-state index >= 15 is 0 Å². The first-order valence-corrected chi connectivity index (χ1v) is 6.20. The minimum Gasteiger partial charge on any atom is -0.281 e. The first kappa shape index (κ1) is 12.4. The summed E-state index contributed by atoms with van der Waals surface area (Å²) >= 11 is 0. The Hall–Kier alpha value is -2.63. The molecule has 2 aromatic heterocycles. The van der Waals surface area contributed by atoms with E-state index in [-0.39, 0.29) is 11.2 Å². The largest absolute Gasteiger partial charge is 0.332 e. The molecule has 0 aliphatic heterocycles. The van der Waals surface area contributed by atoms with Gasteiger partial charge in [0.05, 0.1) is 0 Å². The monoisotopic (exact) mass is 270 g/mol. The van der Waals surface area contributed by atoms with E-state index in [0.29, 0.717) is 16.7 Å². The predicted molar refractivity (Wildman–Crippen MR) is 76.6 cm³/mol. The van der Waals surface area contributed by atoms with Crippen LogP contribution in [-0.4, -0.2) is 18.9 Å². The zero-order valence-electron chi connectivity index (χ0n) is 11.5. The molecule has 3 aromatic rings. The SMILES string of the molecule is Cn1c(=O)c2c(-c3ccccc3)nn(C)c2n(C)c1=O. The van der Waals surface area contributed by atoms with Crippen LogP contribution in [0.25, 0.3) is 22.3 Å². The standard InChI is InChI=1S/C14H14N4O2/c1-16-12-10(13(19)17(2)14(16)20)11(15-18(12)3)9-7-5-4-6-8-9/h4-8H,1-3H3. The highest BCUT2D eigenvalue weighted by Gasteiger charge is 2.18. The van der Waals surface area contributed by atoms with E-state index in [2.05, 4.69) is 5.10 Å². The van der Waals surface area contributed by atoms with E-state index in [1.54, 1.807) is 18.8 Å². The molecule has 2 heterocycles. The Labute approximate surface area is 114 Å². The number of fused-ring (bicyclic) bond motifs is 1. The van der Waals surface area contributed by atoms with Gasteiger partial charge in [-0.15, -0.1) is 0 Å². The zero-order chi connectivity index (χ0) is 14.4. The van der Waals surface area contributed by atoms with Crippen molar-refractivity contribution < 1.29 is 0 Å². The van der Waals surface area contributed by atoms with Crippen molar-refractivity contribution in [3.63, 3.8) is 0 Å². The van der Waals surface area contributed by atoms with Crippen LogP contribution in [0.15, 0.2) is 39.9 Å². The van der Waals surface area contributed by atoms with Gasteiger partial charge in [0.1, 0.15) is 16.7 Å². The molecule has 6 heteroatoms. The van der Waals surface area contributed by atoms with Crippen molar-refractivity contribution in [2.24, 2.45) is 21.1 Å². The first-order valence-electron chi connectivity index (χ1n) is 6.20. The molecule has 0 spiro atoms. The molecule has 0 N–H and O–H groups in total. The van der Waals surface area contributed by atoms with Gasteiger partial charge < -0.3 is 0 Å². The van der Waals surface area contributed by atoms with E-state index in [4.69, 9.17) is 0 Å². The van der Waals surface area contributed by atoms with Gasteiger partial charge in [0.2, 0.25) is 0 Å². The lowest BCUT2D eigenvalue weighted by Gasteiger charge is -2.04. The summed E-state index contributed by atoms with van der Waals surface area (Å²) in [7, 11) is 4.85. The van der Waals surface area contributed by atoms with Crippen molar-refractivity contribution in [3.8, 4) is 11.3 Å². The lowest BCUT2D eigenvalue weighted by atomic mass is 10.1. The molecule has 20 heavy (non-hydrogen) atoms. The molecule has 0 amide bonds. The minimum absolute atomic E-state index is 0.324. The molecule has 0 radical (unpaired) electrons. The smallest absolute Gasteiger partial charge is 0.281 e. The van der Waals surface area contributed by atoms with Gasteiger partial charge in [0, 0.05) is 26.7 Å². The molecule has 0 saturated carbocycles. The lowest BCUT2D eigenvalue weighted by Crippen LogP contribution is -2.37. The maximum atomic E-state index is 12.4. The van der Waals surface area contributed by atoms with Crippen LogP contribution >= 0.6 is 0 Å². The van der Waals surface area contributed by atoms with E-state index in [0.717, 1.165) is 10.1 Å². The quantitative estimate of drug-likeness (QED) is 0.652. The number of hydrogen-bond donors (Lipinski definition) is 0. The number of benzene rings is 1. The van der Waals surface area contributed by atoms with Gasteiger partial charge in [0.15, 0.2) is 0 Å². The molecule has 1 aromatic carbocycles. The molecule has 3 rings (SSSR count). The molecule has 0 aliphatic rings. The average molecular weight is 270 g/mol. The molecule has 0 fully saturated rings. The van der Waals surface area contributed by atoms with E-state index in [1.165, 1.54) is 11.6 Å². The zero-order valence-corrected chi connectivity index (χ0v) is 11.5. The van der Waals surface area contributed by atoms with Crippen LogP contribution in [-0.2, 0) is 21.1 Å². The number of rotatable bonds is 1. The van der Waals surface area contributed by atoms with Crippen LogP contribution in [0.2, 0.25) is 0 Å². The summed E-state index contributed by atoms with van der Waals surface area (Å²) in [5.41, 5.74) is 1.30. The molecular formula is C14H14N4O2. The van der Waals surface area contributed by atoms with Gasteiger partial charge in [-0.1, -0.05) is 30.3 Å². The number of aromatic nitrogens is 4. The Balaban J connectivity index is 2.55. The second-order valence-electron chi connectivity index (χ2n) is 4.74. The average Bonchev–Trinajstić information content (AvgIpc) is 2.81. The first-order chi connectivity index (χ1) is 9.52. The lowest BCUT2D eigenvalue weighted by molar-refractivity contribution is 0.682. The van der Waals surface area contributed by atoms with Crippen molar-refractivity contribution in [2.45, 2.75) is 0 Å². The van der Waals surface area contributed by atoms with Crippen LogP contribution in [0.5, 0.6) is 0 Å². The molecule has 0 saturated heterocycles.